The van der Waals surface area contributed by atoms with Gasteiger partial charge in [-0.1, -0.05) is 0 Å². The second-order valence-corrected chi connectivity index (χ2v) is 5.34. The summed E-state index contributed by atoms with van der Waals surface area (Å²) in [5.41, 5.74) is 5.43. The summed E-state index contributed by atoms with van der Waals surface area (Å²) in [6, 6.07) is 1.78. The predicted molar refractivity (Wildman–Crippen MR) is 78.0 cm³/mol. The van der Waals surface area contributed by atoms with Gasteiger partial charge >= 0.3 is 5.69 Å². The lowest BCUT2D eigenvalue weighted by atomic mass is 10.4. The van der Waals surface area contributed by atoms with E-state index in [1.165, 1.54) is 11.8 Å². The minimum absolute atomic E-state index is 0.0103. The van der Waals surface area contributed by atoms with Gasteiger partial charge in [-0.05, 0) is 32.5 Å². The first kappa shape index (κ1) is 14.4. The summed E-state index contributed by atoms with van der Waals surface area (Å²) in [4.78, 5) is 19.9. The number of aromatic amines is 1. The molecule has 0 aliphatic rings. The average molecular weight is 295 g/mol. The van der Waals surface area contributed by atoms with Crippen molar-refractivity contribution in [2.45, 2.75) is 37.0 Å². The standard InChI is InChI=1S/C11H17N7OS/c1-4-13-7-5-8(15-9(12)14-7)20-11-17-16-10(19)18(11)6(2)3/h5-6H,4H2,1-3H3,(H,16,19)(H3,12,13,14,15). The number of hydrogen-bond donors (Lipinski definition) is 3. The van der Waals surface area contributed by atoms with Crippen LogP contribution in [0, 0.1) is 0 Å². The Kier molecular flexibility index (Phi) is 4.28. The van der Waals surface area contributed by atoms with Crippen LogP contribution in [0.3, 0.4) is 0 Å². The Bertz CT molecular complexity index is 648. The minimum Gasteiger partial charge on any atom is -0.370 e. The molecular weight excluding hydrogens is 278 g/mol. The SMILES string of the molecule is CCNc1cc(Sc2n[nH]c(=O)n2C(C)C)nc(N)n1. The van der Waals surface area contributed by atoms with E-state index in [4.69, 9.17) is 5.73 Å². The first-order valence-electron chi connectivity index (χ1n) is 6.24. The maximum Gasteiger partial charge on any atom is 0.344 e. The zero-order chi connectivity index (χ0) is 14.7. The molecule has 8 nitrogen and oxygen atoms in total. The first-order chi connectivity index (χ1) is 9.51. The van der Waals surface area contributed by atoms with Crippen molar-refractivity contribution in [3.63, 3.8) is 0 Å². The van der Waals surface area contributed by atoms with Crippen LogP contribution in [0.1, 0.15) is 26.8 Å². The van der Waals surface area contributed by atoms with Crippen LogP contribution in [0.15, 0.2) is 21.0 Å². The highest BCUT2D eigenvalue weighted by Crippen LogP contribution is 2.26. The fraction of sp³-hybridized carbons (Fsp3) is 0.455. The van der Waals surface area contributed by atoms with Gasteiger partial charge in [0.25, 0.3) is 0 Å². The molecule has 0 aliphatic carbocycles. The molecule has 9 heteroatoms. The Labute approximate surface area is 120 Å². The largest absolute Gasteiger partial charge is 0.370 e. The van der Waals surface area contributed by atoms with Crippen LogP contribution in [0.2, 0.25) is 0 Å². The summed E-state index contributed by atoms with van der Waals surface area (Å²) in [5.74, 6) is 0.830. The van der Waals surface area contributed by atoms with Gasteiger partial charge in [0, 0.05) is 18.7 Å². The molecule has 0 bridgehead atoms. The lowest BCUT2D eigenvalue weighted by Gasteiger charge is -2.09. The topological polar surface area (TPSA) is 115 Å². The molecule has 108 valence electrons. The van der Waals surface area contributed by atoms with Crippen molar-refractivity contribution in [3.05, 3.63) is 16.6 Å². The maximum absolute atomic E-state index is 11.7. The number of aromatic nitrogens is 5. The molecule has 0 fully saturated rings. The number of hydrogen-bond acceptors (Lipinski definition) is 7. The molecule has 0 atom stereocenters. The Morgan fingerprint density at radius 3 is 2.90 bits per heavy atom. The number of rotatable bonds is 5. The fourth-order valence-electron chi connectivity index (χ4n) is 1.68. The summed E-state index contributed by atoms with van der Waals surface area (Å²) < 4.78 is 1.57. The van der Waals surface area contributed by atoms with Crippen LogP contribution >= 0.6 is 11.8 Å². The van der Waals surface area contributed by atoms with E-state index >= 15 is 0 Å². The van der Waals surface area contributed by atoms with Crippen LogP contribution in [-0.2, 0) is 0 Å². The number of nitrogens with two attached hydrogens (primary N) is 1. The zero-order valence-electron chi connectivity index (χ0n) is 11.5. The molecule has 0 spiro atoms. The second kappa shape index (κ2) is 5.95. The van der Waals surface area contributed by atoms with Crippen molar-refractivity contribution in [2.75, 3.05) is 17.6 Å². The first-order valence-corrected chi connectivity index (χ1v) is 7.06. The summed E-state index contributed by atoms with van der Waals surface area (Å²) >= 11 is 1.27. The Hall–Kier alpha value is -2.03. The molecule has 0 amide bonds. The van der Waals surface area contributed by atoms with Crippen LogP contribution in [0.5, 0.6) is 0 Å². The lowest BCUT2D eigenvalue weighted by Crippen LogP contribution is -2.19. The van der Waals surface area contributed by atoms with E-state index in [1.807, 2.05) is 20.8 Å². The molecule has 20 heavy (non-hydrogen) atoms. The van der Waals surface area contributed by atoms with Crippen molar-refractivity contribution in [3.8, 4) is 0 Å². The predicted octanol–water partition coefficient (Wildman–Crippen LogP) is 1.11. The van der Waals surface area contributed by atoms with Crippen molar-refractivity contribution in [2.24, 2.45) is 0 Å². The van der Waals surface area contributed by atoms with E-state index in [0.29, 0.717) is 16.0 Å². The minimum atomic E-state index is -0.239. The van der Waals surface area contributed by atoms with E-state index in [1.54, 1.807) is 10.6 Å². The van der Waals surface area contributed by atoms with Gasteiger partial charge in [-0.15, -0.1) is 5.10 Å². The number of anilines is 2. The molecule has 0 aliphatic heterocycles. The molecule has 2 rings (SSSR count). The van der Waals surface area contributed by atoms with Crippen molar-refractivity contribution >= 4 is 23.5 Å². The molecule has 2 heterocycles. The highest BCUT2D eigenvalue weighted by molar-refractivity contribution is 7.99. The van der Waals surface area contributed by atoms with Crippen LogP contribution in [0.25, 0.3) is 0 Å². The summed E-state index contributed by atoms with van der Waals surface area (Å²) in [7, 11) is 0. The van der Waals surface area contributed by atoms with Gasteiger partial charge in [0.05, 0.1) is 0 Å². The van der Waals surface area contributed by atoms with Gasteiger partial charge in [-0.3, -0.25) is 4.57 Å². The van der Waals surface area contributed by atoms with Gasteiger partial charge in [0.15, 0.2) is 5.16 Å². The Morgan fingerprint density at radius 1 is 1.50 bits per heavy atom. The maximum atomic E-state index is 11.7. The van der Waals surface area contributed by atoms with E-state index in [0.717, 1.165) is 6.54 Å². The lowest BCUT2D eigenvalue weighted by molar-refractivity contribution is 0.534. The van der Waals surface area contributed by atoms with Gasteiger partial charge < -0.3 is 11.1 Å². The molecular formula is C11H17N7OS. The molecule has 2 aromatic rings. The van der Waals surface area contributed by atoms with Crippen LogP contribution in [-0.4, -0.2) is 31.3 Å². The Balaban J connectivity index is 2.32. The molecule has 0 saturated carbocycles. The normalized spacial score (nSPS) is 11.0. The quantitative estimate of drug-likeness (QED) is 0.708. The van der Waals surface area contributed by atoms with Gasteiger partial charge in [-0.25, -0.2) is 14.9 Å². The highest BCUT2D eigenvalue weighted by atomic mass is 32.2. The van der Waals surface area contributed by atoms with E-state index in [9.17, 15) is 4.79 Å². The Morgan fingerprint density at radius 2 is 2.25 bits per heavy atom. The number of nitrogen functional groups attached to an aromatic ring is 1. The van der Waals surface area contributed by atoms with Crippen LogP contribution in [0.4, 0.5) is 11.8 Å². The van der Waals surface area contributed by atoms with Gasteiger partial charge in [-0.2, -0.15) is 4.98 Å². The number of nitrogens with zero attached hydrogens (tertiary/aromatic N) is 4. The molecule has 0 radical (unpaired) electrons. The van der Waals surface area contributed by atoms with E-state index < -0.39 is 0 Å². The summed E-state index contributed by atoms with van der Waals surface area (Å²) in [6.07, 6.45) is 0. The third-order valence-corrected chi connectivity index (χ3v) is 3.35. The van der Waals surface area contributed by atoms with Crippen molar-refractivity contribution in [1.82, 2.24) is 24.7 Å². The highest BCUT2D eigenvalue weighted by Gasteiger charge is 2.14. The molecule has 0 aromatic carbocycles. The van der Waals surface area contributed by atoms with Gasteiger partial charge in [0.1, 0.15) is 10.8 Å². The van der Waals surface area contributed by atoms with Crippen molar-refractivity contribution < 1.29 is 0 Å². The van der Waals surface area contributed by atoms with Crippen molar-refractivity contribution in [1.29, 1.82) is 0 Å². The summed E-state index contributed by atoms with van der Waals surface area (Å²) in [5, 5.41) is 10.7. The van der Waals surface area contributed by atoms with E-state index in [2.05, 4.69) is 25.5 Å². The second-order valence-electron chi connectivity index (χ2n) is 4.36. The third kappa shape index (κ3) is 3.10. The van der Waals surface area contributed by atoms with E-state index in [-0.39, 0.29) is 17.7 Å². The molecule has 0 unspecified atom stereocenters. The number of nitrogens with one attached hydrogen (secondary N) is 2. The molecule has 0 saturated heterocycles. The molecule has 4 N–H and O–H groups in total. The monoisotopic (exact) mass is 295 g/mol. The molecule has 2 aromatic heterocycles. The zero-order valence-corrected chi connectivity index (χ0v) is 12.4. The third-order valence-electron chi connectivity index (χ3n) is 2.46. The fourth-order valence-corrected chi connectivity index (χ4v) is 2.66. The average Bonchev–Trinajstić information content (AvgIpc) is 2.70. The number of H-pyrrole nitrogens is 1. The van der Waals surface area contributed by atoms with Gasteiger partial charge in [0.2, 0.25) is 5.95 Å². The summed E-state index contributed by atoms with van der Waals surface area (Å²) in [6.45, 7) is 6.54. The van der Waals surface area contributed by atoms with Crippen LogP contribution < -0.4 is 16.7 Å². The smallest absolute Gasteiger partial charge is 0.344 e.